The van der Waals surface area contributed by atoms with Gasteiger partial charge >= 0.3 is 12.0 Å². The molecular formula is C13H22N2O3. The highest BCUT2D eigenvalue weighted by Gasteiger charge is 2.15. The molecule has 2 atom stereocenters. The minimum absolute atomic E-state index is 0.000461. The van der Waals surface area contributed by atoms with Crippen molar-refractivity contribution in [3.63, 3.8) is 0 Å². The number of rotatable bonds is 6. The second-order valence-corrected chi connectivity index (χ2v) is 4.71. The minimum atomic E-state index is -0.818. The number of carboxylic acids is 1. The van der Waals surface area contributed by atoms with E-state index in [0.717, 1.165) is 25.7 Å². The Morgan fingerprint density at radius 1 is 1.44 bits per heavy atom. The standard InChI is InChI=1S/C13H22N2O3/c1-2-10(8-12(16)17)9-14-13(18)15-11-6-4-3-5-7-11/h3-4,10-11H,2,5-9H2,1H3,(H,16,17)(H2,14,15,18). The van der Waals surface area contributed by atoms with Gasteiger partial charge in [-0.1, -0.05) is 25.5 Å². The second kappa shape index (κ2) is 7.74. The van der Waals surface area contributed by atoms with Gasteiger partial charge in [0.1, 0.15) is 0 Å². The number of amides is 2. The van der Waals surface area contributed by atoms with Crippen molar-refractivity contribution in [1.29, 1.82) is 0 Å². The van der Waals surface area contributed by atoms with E-state index in [4.69, 9.17) is 5.11 Å². The highest BCUT2D eigenvalue weighted by atomic mass is 16.4. The summed E-state index contributed by atoms with van der Waals surface area (Å²) in [5.41, 5.74) is 0. The average Bonchev–Trinajstić information content (AvgIpc) is 2.35. The first-order valence-electron chi connectivity index (χ1n) is 6.53. The Hall–Kier alpha value is -1.52. The molecule has 3 N–H and O–H groups in total. The molecule has 0 bridgehead atoms. The van der Waals surface area contributed by atoms with E-state index < -0.39 is 5.97 Å². The summed E-state index contributed by atoms with van der Waals surface area (Å²) in [5, 5.41) is 14.4. The van der Waals surface area contributed by atoms with Crippen molar-refractivity contribution in [2.24, 2.45) is 5.92 Å². The van der Waals surface area contributed by atoms with Crippen molar-refractivity contribution in [2.75, 3.05) is 6.54 Å². The van der Waals surface area contributed by atoms with E-state index in [1.165, 1.54) is 0 Å². The number of hydrogen-bond donors (Lipinski definition) is 3. The first-order valence-corrected chi connectivity index (χ1v) is 6.53. The second-order valence-electron chi connectivity index (χ2n) is 4.71. The Morgan fingerprint density at radius 3 is 2.78 bits per heavy atom. The van der Waals surface area contributed by atoms with Crippen LogP contribution in [0.4, 0.5) is 4.79 Å². The molecule has 5 nitrogen and oxygen atoms in total. The SMILES string of the molecule is CCC(CNC(=O)NC1CC=CCC1)CC(=O)O. The monoisotopic (exact) mass is 254 g/mol. The average molecular weight is 254 g/mol. The number of carbonyl (C=O) groups is 2. The molecule has 18 heavy (non-hydrogen) atoms. The van der Waals surface area contributed by atoms with Crippen LogP contribution in [0.1, 0.15) is 39.0 Å². The van der Waals surface area contributed by atoms with Gasteiger partial charge in [-0.05, 0) is 25.2 Å². The Morgan fingerprint density at radius 2 is 2.22 bits per heavy atom. The topological polar surface area (TPSA) is 78.4 Å². The van der Waals surface area contributed by atoms with Crippen LogP contribution in [-0.4, -0.2) is 29.7 Å². The van der Waals surface area contributed by atoms with Crippen LogP contribution in [0.3, 0.4) is 0 Å². The predicted octanol–water partition coefficient (Wildman–Crippen LogP) is 1.90. The molecule has 1 aliphatic rings. The summed E-state index contributed by atoms with van der Waals surface area (Å²) in [6, 6.07) is 0.00805. The van der Waals surface area contributed by atoms with Crippen molar-refractivity contribution in [2.45, 2.75) is 45.1 Å². The Balaban J connectivity index is 2.22. The van der Waals surface area contributed by atoms with Gasteiger partial charge in [-0.2, -0.15) is 0 Å². The lowest BCUT2D eigenvalue weighted by Crippen LogP contribution is -2.44. The predicted molar refractivity (Wildman–Crippen MR) is 69.3 cm³/mol. The van der Waals surface area contributed by atoms with Gasteiger partial charge in [-0.3, -0.25) is 4.79 Å². The van der Waals surface area contributed by atoms with E-state index >= 15 is 0 Å². The smallest absolute Gasteiger partial charge is 0.315 e. The molecule has 0 heterocycles. The molecule has 2 amide bonds. The van der Waals surface area contributed by atoms with Gasteiger partial charge in [0.15, 0.2) is 0 Å². The molecule has 0 aromatic heterocycles. The molecule has 102 valence electrons. The Kier molecular flexibility index (Phi) is 6.25. The number of carboxylic acid groups (broad SMARTS) is 1. The fourth-order valence-corrected chi connectivity index (χ4v) is 2.01. The molecule has 0 aliphatic heterocycles. The maximum Gasteiger partial charge on any atom is 0.315 e. The van der Waals surface area contributed by atoms with Crippen LogP contribution >= 0.6 is 0 Å². The number of allylic oxidation sites excluding steroid dienone is 1. The van der Waals surface area contributed by atoms with Crippen LogP contribution in [-0.2, 0) is 4.79 Å². The van der Waals surface area contributed by atoms with E-state index in [2.05, 4.69) is 22.8 Å². The summed E-state index contributed by atoms with van der Waals surface area (Å²) < 4.78 is 0. The van der Waals surface area contributed by atoms with Gasteiger partial charge in [0.25, 0.3) is 0 Å². The van der Waals surface area contributed by atoms with Gasteiger partial charge in [0.2, 0.25) is 0 Å². The van der Waals surface area contributed by atoms with E-state index in [0.29, 0.717) is 6.54 Å². The third-order valence-corrected chi connectivity index (χ3v) is 3.20. The maximum absolute atomic E-state index is 11.6. The molecule has 0 saturated carbocycles. The molecular weight excluding hydrogens is 232 g/mol. The summed E-state index contributed by atoms with van der Waals surface area (Å²) >= 11 is 0. The summed E-state index contributed by atoms with van der Waals surface area (Å²) in [6.45, 7) is 2.34. The molecule has 0 saturated heterocycles. The lowest BCUT2D eigenvalue weighted by Gasteiger charge is -2.20. The van der Waals surface area contributed by atoms with Gasteiger partial charge in [-0.15, -0.1) is 0 Å². The van der Waals surface area contributed by atoms with Gasteiger partial charge in [0.05, 0.1) is 0 Å². The number of aliphatic carboxylic acids is 1. The van der Waals surface area contributed by atoms with Gasteiger partial charge in [-0.25, -0.2) is 4.79 Å². The molecule has 0 aromatic carbocycles. The number of urea groups is 1. The van der Waals surface area contributed by atoms with Crippen LogP contribution in [0.2, 0.25) is 0 Å². The zero-order valence-electron chi connectivity index (χ0n) is 10.8. The minimum Gasteiger partial charge on any atom is -0.481 e. The largest absolute Gasteiger partial charge is 0.481 e. The first kappa shape index (κ1) is 14.5. The van der Waals surface area contributed by atoms with E-state index in [-0.39, 0.29) is 24.4 Å². The van der Waals surface area contributed by atoms with Crippen LogP contribution in [0, 0.1) is 5.92 Å². The molecule has 5 heteroatoms. The lowest BCUT2D eigenvalue weighted by atomic mass is 10.0. The van der Waals surface area contributed by atoms with Crippen molar-refractivity contribution < 1.29 is 14.7 Å². The summed E-state index contributed by atoms with van der Waals surface area (Å²) in [6.07, 6.45) is 7.89. The highest BCUT2D eigenvalue weighted by Crippen LogP contribution is 2.10. The zero-order chi connectivity index (χ0) is 13.4. The van der Waals surface area contributed by atoms with Crippen molar-refractivity contribution in [1.82, 2.24) is 10.6 Å². The van der Waals surface area contributed by atoms with Gasteiger partial charge in [0, 0.05) is 19.0 Å². The number of carbonyl (C=O) groups excluding carboxylic acids is 1. The Bertz CT molecular complexity index is 315. The number of hydrogen-bond acceptors (Lipinski definition) is 2. The third-order valence-electron chi connectivity index (χ3n) is 3.20. The molecule has 0 spiro atoms. The van der Waals surface area contributed by atoms with Crippen LogP contribution in [0.5, 0.6) is 0 Å². The van der Waals surface area contributed by atoms with Gasteiger partial charge < -0.3 is 15.7 Å². The third kappa shape index (κ3) is 5.70. The molecule has 1 aliphatic carbocycles. The first-order chi connectivity index (χ1) is 8.61. The van der Waals surface area contributed by atoms with Crippen LogP contribution < -0.4 is 10.6 Å². The molecule has 1 rings (SSSR count). The Labute approximate surface area is 108 Å². The molecule has 2 unspecified atom stereocenters. The summed E-state index contributed by atoms with van der Waals surface area (Å²) in [7, 11) is 0. The van der Waals surface area contributed by atoms with Crippen molar-refractivity contribution >= 4 is 12.0 Å². The van der Waals surface area contributed by atoms with Crippen molar-refractivity contribution in [3.8, 4) is 0 Å². The normalized spacial score (nSPS) is 20.2. The molecule has 0 fully saturated rings. The fourth-order valence-electron chi connectivity index (χ4n) is 2.01. The summed E-state index contributed by atoms with van der Waals surface area (Å²) in [4.78, 5) is 22.2. The fraction of sp³-hybridized carbons (Fsp3) is 0.692. The molecule has 0 aromatic rings. The van der Waals surface area contributed by atoms with Crippen LogP contribution in [0.15, 0.2) is 12.2 Å². The number of nitrogens with one attached hydrogen (secondary N) is 2. The quantitative estimate of drug-likeness (QED) is 0.633. The van der Waals surface area contributed by atoms with E-state index in [9.17, 15) is 9.59 Å². The molecule has 0 radical (unpaired) electrons. The zero-order valence-corrected chi connectivity index (χ0v) is 10.8. The highest BCUT2D eigenvalue weighted by molar-refractivity contribution is 5.74. The van der Waals surface area contributed by atoms with Crippen molar-refractivity contribution in [3.05, 3.63) is 12.2 Å². The summed E-state index contributed by atoms with van der Waals surface area (Å²) in [5.74, 6) is -0.819. The maximum atomic E-state index is 11.6. The van der Waals surface area contributed by atoms with E-state index in [1.54, 1.807) is 0 Å². The lowest BCUT2D eigenvalue weighted by molar-refractivity contribution is -0.138. The van der Waals surface area contributed by atoms with Crippen LogP contribution in [0.25, 0.3) is 0 Å². The van der Waals surface area contributed by atoms with E-state index in [1.807, 2.05) is 6.92 Å².